The number of amides is 1. The first-order chi connectivity index (χ1) is 14.5. The largest absolute Gasteiger partial charge is 0.356 e. The number of carbonyl (C=O) groups excluding carboxylic acids is 1. The summed E-state index contributed by atoms with van der Waals surface area (Å²) in [7, 11) is 3.81. The van der Waals surface area contributed by atoms with E-state index in [1.807, 2.05) is 49.0 Å². The number of piperidine rings is 1. The van der Waals surface area contributed by atoms with Crippen LogP contribution in [0.5, 0.6) is 0 Å². The molecule has 3 aromatic heterocycles. The van der Waals surface area contributed by atoms with Crippen molar-refractivity contribution >= 4 is 11.9 Å². The summed E-state index contributed by atoms with van der Waals surface area (Å²) in [4.78, 5) is 30.5. The number of likely N-dealkylation sites (tertiary alicyclic amines) is 1. The third kappa shape index (κ3) is 4.17. The van der Waals surface area contributed by atoms with Crippen LogP contribution >= 0.6 is 0 Å². The molecule has 1 saturated heterocycles. The fourth-order valence-electron chi connectivity index (χ4n) is 3.83. The van der Waals surface area contributed by atoms with E-state index in [4.69, 9.17) is 9.51 Å². The van der Waals surface area contributed by atoms with Crippen LogP contribution in [0, 0.1) is 6.92 Å². The first-order valence-corrected chi connectivity index (χ1v) is 10.2. The quantitative estimate of drug-likeness (QED) is 0.643. The number of pyridine rings is 1. The van der Waals surface area contributed by atoms with Gasteiger partial charge < -0.3 is 14.3 Å². The summed E-state index contributed by atoms with van der Waals surface area (Å²) in [5, 5.41) is 4.02. The number of rotatable bonds is 5. The Bertz CT molecular complexity index is 1020. The minimum Gasteiger partial charge on any atom is -0.356 e. The Labute approximate surface area is 175 Å². The number of aromatic nitrogens is 4. The summed E-state index contributed by atoms with van der Waals surface area (Å²) in [5.74, 6) is 1.31. The average molecular weight is 406 g/mol. The van der Waals surface area contributed by atoms with Crippen LogP contribution < -0.4 is 4.90 Å². The van der Waals surface area contributed by atoms with Crippen molar-refractivity contribution in [2.75, 3.05) is 25.5 Å². The third-order valence-electron chi connectivity index (χ3n) is 5.32. The fourth-order valence-corrected chi connectivity index (χ4v) is 3.83. The van der Waals surface area contributed by atoms with E-state index in [-0.39, 0.29) is 11.9 Å². The zero-order valence-corrected chi connectivity index (χ0v) is 17.6. The van der Waals surface area contributed by atoms with Crippen molar-refractivity contribution in [3.05, 3.63) is 53.7 Å². The van der Waals surface area contributed by atoms with E-state index >= 15 is 0 Å². The lowest BCUT2D eigenvalue weighted by Gasteiger charge is -2.36. The normalized spacial score (nSPS) is 16.5. The maximum absolute atomic E-state index is 13.2. The number of nitrogens with zero attached hydrogens (tertiary/aromatic N) is 6. The molecule has 1 aliphatic heterocycles. The Kier molecular flexibility index (Phi) is 5.74. The molecule has 0 bridgehead atoms. The maximum Gasteiger partial charge on any atom is 0.227 e. The predicted octanol–water partition coefficient (Wildman–Crippen LogP) is 3.20. The van der Waals surface area contributed by atoms with Gasteiger partial charge in [-0.2, -0.15) is 0 Å². The minimum atomic E-state index is -0.134. The molecule has 0 N–H and O–H groups in total. The van der Waals surface area contributed by atoms with E-state index in [0.29, 0.717) is 24.7 Å². The Morgan fingerprint density at radius 2 is 2.17 bits per heavy atom. The molecule has 0 radical (unpaired) electrons. The molecule has 4 heterocycles. The number of hydrogen-bond acceptors (Lipinski definition) is 7. The van der Waals surface area contributed by atoms with Crippen LogP contribution in [0.15, 0.2) is 41.3 Å². The molecule has 0 aromatic carbocycles. The van der Waals surface area contributed by atoms with Gasteiger partial charge in [0.05, 0.1) is 29.4 Å². The first kappa shape index (κ1) is 20.0. The van der Waals surface area contributed by atoms with Crippen molar-refractivity contribution in [3.8, 4) is 11.3 Å². The molecule has 0 unspecified atom stereocenters. The van der Waals surface area contributed by atoms with Crippen LogP contribution in [0.2, 0.25) is 0 Å². The first-order valence-electron chi connectivity index (χ1n) is 10.2. The summed E-state index contributed by atoms with van der Waals surface area (Å²) in [6.45, 7) is 2.59. The molecule has 8 heteroatoms. The molecule has 1 fully saturated rings. The molecule has 0 aliphatic carbocycles. The second-order valence-corrected chi connectivity index (χ2v) is 7.83. The molecule has 1 atom stereocenters. The smallest absolute Gasteiger partial charge is 0.227 e. The maximum atomic E-state index is 13.2. The van der Waals surface area contributed by atoms with E-state index in [1.165, 1.54) is 0 Å². The van der Waals surface area contributed by atoms with Crippen LogP contribution in [0.3, 0.4) is 0 Å². The lowest BCUT2D eigenvalue weighted by Crippen LogP contribution is -2.40. The van der Waals surface area contributed by atoms with E-state index in [0.717, 1.165) is 41.8 Å². The molecule has 3 aromatic rings. The van der Waals surface area contributed by atoms with Gasteiger partial charge >= 0.3 is 0 Å². The highest BCUT2D eigenvalue weighted by Gasteiger charge is 2.32. The zero-order chi connectivity index (χ0) is 21.1. The van der Waals surface area contributed by atoms with Gasteiger partial charge in [-0.15, -0.1) is 0 Å². The molecule has 1 amide bonds. The summed E-state index contributed by atoms with van der Waals surface area (Å²) >= 11 is 0. The molecule has 8 nitrogen and oxygen atoms in total. The van der Waals surface area contributed by atoms with Gasteiger partial charge in [0.1, 0.15) is 0 Å². The van der Waals surface area contributed by atoms with Crippen molar-refractivity contribution in [1.82, 2.24) is 25.0 Å². The fraction of sp³-hybridized carbons (Fsp3) is 0.409. The van der Waals surface area contributed by atoms with Crippen molar-refractivity contribution < 1.29 is 9.32 Å². The van der Waals surface area contributed by atoms with Gasteiger partial charge in [0.2, 0.25) is 11.9 Å². The van der Waals surface area contributed by atoms with Gasteiger partial charge in [0, 0.05) is 45.3 Å². The second-order valence-electron chi connectivity index (χ2n) is 7.83. The van der Waals surface area contributed by atoms with Gasteiger partial charge in [-0.1, -0.05) is 11.2 Å². The highest BCUT2D eigenvalue weighted by Crippen LogP contribution is 2.36. The van der Waals surface area contributed by atoms with Crippen LogP contribution in [-0.4, -0.2) is 51.6 Å². The Morgan fingerprint density at radius 3 is 2.87 bits per heavy atom. The highest BCUT2D eigenvalue weighted by molar-refractivity contribution is 5.79. The van der Waals surface area contributed by atoms with E-state index in [1.54, 1.807) is 18.6 Å². The zero-order valence-electron chi connectivity index (χ0n) is 17.6. The summed E-state index contributed by atoms with van der Waals surface area (Å²) in [6.07, 6.45) is 8.43. The molecule has 30 heavy (non-hydrogen) atoms. The molecule has 1 aliphatic rings. The van der Waals surface area contributed by atoms with Crippen molar-refractivity contribution in [1.29, 1.82) is 0 Å². The lowest BCUT2D eigenvalue weighted by molar-refractivity contribution is -0.134. The van der Waals surface area contributed by atoms with E-state index in [2.05, 4.69) is 15.1 Å². The summed E-state index contributed by atoms with van der Waals surface area (Å²) in [6, 6.07) is 5.53. The SMILES string of the molecule is Cc1cc(-c2cnc(N(C)C)nc2[C@@H]2CCCCN2C(=O)Cc2cccnc2)on1. The number of anilines is 1. The number of aryl methyl sites for hydroxylation is 1. The monoisotopic (exact) mass is 406 g/mol. The topological polar surface area (TPSA) is 88.3 Å². The lowest BCUT2D eigenvalue weighted by atomic mass is 9.95. The highest BCUT2D eigenvalue weighted by atomic mass is 16.5. The number of hydrogen-bond donors (Lipinski definition) is 0. The predicted molar refractivity (Wildman–Crippen MR) is 113 cm³/mol. The molecular weight excluding hydrogens is 380 g/mol. The molecule has 4 rings (SSSR count). The summed E-state index contributed by atoms with van der Waals surface area (Å²) < 4.78 is 5.52. The van der Waals surface area contributed by atoms with E-state index in [9.17, 15) is 4.79 Å². The molecule has 0 saturated carbocycles. The third-order valence-corrected chi connectivity index (χ3v) is 5.32. The second kappa shape index (κ2) is 8.61. The summed E-state index contributed by atoms with van der Waals surface area (Å²) in [5.41, 5.74) is 3.30. The van der Waals surface area contributed by atoms with Gasteiger partial charge in [-0.3, -0.25) is 9.78 Å². The van der Waals surface area contributed by atoms with Gasteiger partial charge in [-0.25, -0.2) is 9.97 Å². The molecule has 0 spiro atoms. The molecule has 156 valence electrons. The standard InChI is InChI=1S/C22H26N6O2/c1-15-11-19(30-26-15)17-14-24-22(27(2)3)25-21(17)18-8-4-5-10-28(18)20(29)12-16-7-6-9-23-13-16/h6-7,9,11,13-14,18H,4-5,8,10,12H2,1-3H3/t18-/m0/s1. The average Bonchev–Trinajstić information content (AvgIpc) is 3.20. The van der Waals surface area contributed by atoms with E-state index < -0.39 is 0 Å². The van der Waals surface area contributed by atoms with Crippen molar-refractivity contribution in [2.45, 2.75) is 38.6 Å². The Morgan fingerprint density at radius 1 is 1.30 bits per heavy atom. The van der Waals surface area contributed by atoms with Crippen LogP contribution in [0.1, 0.15) is 42.3 Å². The Hall–Kier alpha value is -3.29. The van der Waals surface area contributed by atoms with Crippen molar-refractivity contribution in [3.63, 3.8) is 0 Å². The number of carbonyl (C=O) groups is 1. The molecular formula is C22H26N6O2. The van der Waals surface area contributed by atoms with Crippen LogP contribution in [-0.2, 0) is 11.2 Å². The van der Waals surface area contributed by atoms with Gasteiger partial charge in [-0.05, 0) is 37.8 Å². The van der Waals surface area contributed by atoms with Gasteiger partial charge in [0.15, 0.2) is 5.76 Å². The van der Waals surface area contributed by atoms with Crippen LogP contribution in [0.4, 0.5) is 5.95 Å². The Balaban J connectivity index is 1.72. The minimum absolute atomic E-state index is 0.0809. The van der Waals surface area contributed by atoms with Crippen molar-refractivity contribution in [2.24, 2.45) is 0 Å². The van der Waals surface area contributed by atoms with Gasteiger partial charge in [0.25, 0.3) is 0 Å². The van der Waals surface area contributed by atoms with Crippen LogP contribution in [0.25, 0.3) is 11.3 Å².